The Balaban J connectivity index is 0.00000261. The highest BCUT2D eigenvalue weighted by Crippen LogP contribution is 2.32. The second-order valence-corrected chi connectivity index (χ2v) is 9.30. The summed E-state index contributed by atoms with van der Waals surface area (Å²) in [5.74, 6) is 0.320. The van der Waals surface area contributed by atoms with Gasteiger partial charge in [0.05, 0.1) is 17.0 Å². The van der Waals surface area contributed by atoms with E-state index in [2.05, 4.69) is 16.7 Å². The van der Waals surface area contributed by atoms with Crippen molar-refractivity contribution in [1.29, 1.82) is 0 Å². The fourth-order valence-corrected chi connectivity index (χ4v) is 3.79. The summed E-state index contributed by atoms with van der Waals surface area (Å²) < 4.78 is 37.0. The van der Waals surface area contributed by atoms with Gasteiger partial charge >= 0.3 is 0 Å². The molecule has 1 aliphatic heterocycles. The Morgan fingerprint density at radius 2 is 2.07 bits per heavy atom. The van der Waals surface area contributed by atoms with Crippen LogP contribution in [0.5, 0.6) is 0 Å². The van der Waals surface area contributed by atoms with Crippen LogP contribution in [0.3, 0.4) is 0 Å². The molecule has 3 rings (SSSR count). The van der Waals surface area contributed by atoms with Gasteiger partial charge in [-0.15, -0.1) is 12.4 Å². The molecule has 2 aliphatic rings. The molecule has 0 spiro atoms. The van der Waals surface area contributed by atoms with Crippen molar-refractivity contribution in [2.45, 2.75) is 49.3 Å². The highest BCUT2D eigenvalue weighted by Gasteiger charge is 2.30. The van der Waals surface area contributed by atoms with Crippen LogP contribution in [0.2, 0.25) is 0 Å². The fourth-order valence-electron chi connectivity index (χ4n) is 3.13. The maximum atomic E-state index is 13.3. The summed E-state index contributed by atoms with van der Waals surface area (Å²) in [6.07, 6.45) is 6.71. The van der Waals surface area contributed by atoms with Crippen molar-refractivity contribution in [3.05, 3.63) is 35.4 Å². The predicted octanol–water partition coefficient (Wildman–Crippen LogP) is 2.81. The van der Waals surface area contributed by atoms with Gasteiger partial charge in [-0.3, -0.25) is 4.79 Å². The van der Waals surface area contributed by atoms with Gasteiger partial charge in [0.2, 0.25) is 5.91 Å². The minimum Gasteiger partial charge on any atom is -0.348 e. The zero-order valence-electron chi connectivity index (χ0n) is 15.4. The highest BCUT2D eigenvalue weighted by atomic mass is 35.5. The monoisotopic (exact) mass is 416 g/mol. The van der Waals surface area contributed by atoms with Crippen LogP contribution in [0.4, 0.5) is 4.39 Å². The molecule has 1 aliphatic carbocycles. The predicted molar refractivity (Wildman–Crippen MR) is 106 cm³/mol. The normalized spacial score (nSPS) is 23.8. The van der Waals surface area contributed by atoms with E-state index in [-0.39, 0.29) is 42.2 Å². The van der Waals surface area contributed by atoms with Gasteiger partial charge in [0.25, 0.3) is 0 Å². The molecule has 2 N–H and O–H groups in total. The molecule has 0 aromatic heterocycles. The van der Waals surface area contributed by atoms with Gasteiger partial charge < -0.3 is 10.6 Å². The molecule has 1 aromatic rings. The first kappa shape index (κ1) is 21.9. The average molecular weight is 417 g/mol. The van der Waals surface area contributed by atoms with E-state index in [1.165, 1.54) is 6.26 Å². The SMILES string of the molecule is C[C@H](NC(=O)[C@@H]1C[C@@H](F)CN1)c1ccc(S(C)(=O)=O)cc1/C=C/C1CC1.Cl. The number of allylic oxidation sites excluding steroid dienone is 1. The lowest BCUT2D eigenvalue weighted by molar-refractivity contribution is -0.123. The van der Waals surface area contributed by atoms with Crippen LogP contribution in [0, 0.1) is 5.92 Å². The fraction of sp³-hybridized carbons (Fsp3) is 0.526. The minimum atomic E-state index is -3.31. The van der Waals surface area contributed by atoms with Gasteiger partial charge in [-0.1, -0.05) is 18.2 Å². The van der Waals surface area contributed by atoms with Crippen LogP contribution in [0.15, 0.2) is 29.2 Å². The maximum Gasteiger partial charge on any atom is 0.237 e. The van der Waals surface area contributed by atoms with E-state index in [1.807, 2.05) is 13.0 Å². The third kappa shape index (κ3) is 5.77. The number of amides is 1. The molecule has 1 saturated carbocycles. The molecule has 1 aromatic carbocycles. The molecule has 27 heavy (non-hydrogen) atoms. The molecule has 3 atom stereocenters. The first-order valence-electron chi connectivity index (χ1n) is 8.94. The first-order chi connectivity index (χ1) is 12.2. The average Bonchev–Trinajstić information content (AvgIpc) is 3.30. The number of hydrogen-bond donors (Lipinski definition) is 2. The van der Waals surface area contributed by atoms with Crippen LogP contribution < -0.4 is 10.6 Å². The largest absolute Gasteiger partial charge is 0.348 e. The third-order valence-corrected chi connectivity index (χ3v) is 5.99. The second-order valence-electron chi connectivity index (χ2n) is 7.28. The van der Waals surface area contributed by atoms with Crippen LogP contribution in [-0.4, -0.2) is 39.3 Å². The van der Waals surface area contributed by atoms with Crippen molar-refractivity contribution in [1.82, 2.24) is 10.6 Å². The van der Waals surface area contributed by atoms with E-state index < -0.39 is 22.1 Å². The minimum absolute atomic E-state index is 0. The van der Waals surface area contributed by atoms with Crippen LogP contribution in [0.25, 0.3) is 6.08 Å². The summed E-state index contributed by atoms with van der Waals surface area (Å²) in [6, 6.07) is 4.13. The number of hydrogen-bond acceptors (Lipinski definition) is 4. The smallest absolute Gasteiger partial charge is 0.237 e. The summed E-state index contributed by atoms with van der Waals surface area (Å²) in [5.41, 5.74) is 1.63. The Hall–Kier alpha value is -1.44. The van der Waals surface area contributed by atoms with E-state index in [4.69, 9.17) is 0 Å². The van der Waals surface area contributed by atoms with Crippen molar-refractivity contribution in [2.75, 3.05) is 12.8 Å². The zero-order chi connectivity index (χ0) is 18.9. The molecular weight excluding hydrogens is 391 g/mol. The molecule has 0 unspecified atom stereocenters. The van der Waals surface area contributed by atoms with Gasteiger partial charge in [0.15, 0.2) is 9.84 Å². The Morgan fingerprint density at radius 1 is 1.37 bits per heavy atom. The Morgan fingerprint density at radius 3 is 2.63 bits per heavy atom. The Bertz CT molecular complexity index is 824. The van der Waals surface area contributed by atoms with E-state index in [0.717, 1.165) is 24.0 Å². The lowest BCUT2D eigenvalue weighted by Gasteiger charge is -2.20. The molecule has 0 bridgehead atoms. The van der Waals surface area contributed by atoms with Gasteiger partial charge in [-0.05, 0) is 48.9 Å². The van der Waals surface area contributed by atoms with Gasteiger partial charge in [-0.25, -0.2) is 12.8 Å². The maximum absolute atomic E-state index is 13.3. The number of carbonyl (C=O) groups excluding carboxylic acids is 1. The molecule has 5 nitrogen and oxygen atoms in total. The van der Waals surface area contributed by atoms with Crippen LogP contribution >= 0.6 is 12.4 Å². The van der Waals surface area contributed by atoms with Crippen LogP contribution in [-0.2, 0) is 14.6 Å². The lowest BCUT2D eigenvalue weighted by Crippen LogP contribution is -2.41. The topological polar surface area (TPSA) is 75.3 Å². The van der Waals surface area contributed by atoms with Gasteiger partial charge in [0, 0.05) is 19.2 Å². The quantitative estimate of drug-likeness (QED) is 0.747. The molecule has 8 heteroatoms. The molecule has 1 heterocycles. The van der Waals surface area contributed by atoms with Crippen molar-refractivity contribution >= 4 is 34.2 Å². The first-order valence-corrected chi connectivity index (χ1v) is 10.8. The van der Waals surface area contributed by atoms with E-state index in [0.29, 0.717) is 5.92 Å². The number of carbonyl (C=O) groups is 1. The van der Waals surface area contributed by atoms with E-state index in [9.17, 15) is 17.6 Å². The Kier molecular flexibility index (Phi) is 7.05. The number of sulfone groups is 1. The lowest BCUT2D eigenvalue weighted by atomic mass is 10.00. The zero-order valence-corrected chi connectivity index (χ0v) is 17.1. The van der Waals surface area contributed by atoms with E-state index in [1.54, 1.807) is 18.2 Å². The summed E-state index contributed by atoms with van der Waals surface area (Å²) in [4.78, 5) is 12.6. The summed E-state index contributed by atoms with van der Waals surface area (Å²) in [7, 11) is -3.31. The molecule has 1 saturated heterocycles. The standard InChI is InChI=1S/C19H25FN2O3S.ClH/c1-12(22-19(23)18-10-15(20)11-21-18)17-8-7-16(26(2,24)25)9-14(17)6-5-13-3-4-13;/h5-9,12-13,15,18,21H,3-4,10-11H2,1-2H3,(H,22,23);1H/b6-5+;/t12-,15+,18-;/m0./s1. The molecular formula is C19H26ClFN2O3S. The summed E-state index contributed by atoms with van der Waals surface area (Å²) >= 11 is 0. The number of rotatable bonds is 6. The number of nitrogens with one attached hydrogen (secondary N) is 2. The summed E-state index contributed by atoms with van der Waals surface area (Å²) in [6.45, 7) is 2.05. The number of halogens is 2. The molecule has 1 amide bonds. The Labute approximate surface area is 166 Å². The van der Waals surface area contributed by atoms with Crippen molar-refractivity contribution in [3.8, 4) is 0 Å². The van der Waals surface area contributed by atoms with Crippen molar-refractivity contribution in [3.63, 3.8) is 0 Å². The molecule has 150 valence electrons. The van der Waals surface area contributed by atoms with Crippen molar-refractivity contribution < 1.29 is 17.6 Å². The van der Waals surface area contributed by atoms with E-state index >= 15 is 0 Å². The number of alkyl halides is 1. The van der Waals surface area contributed by atoms with Crippen molar-refractivity contribution in [2.24, 2.45) is 5.92 Å². The molecule has 2 fully saturated rings. The summed E-state index contributed by atoms with van der Waals surface area (Å²) in [5, 5.41) is 5.78. The van der Waals surface area contributed by atoms with Gasteiger partial charge in [0.1, 0.15) is 6.17 Å². The second kappa shape index (κ2) is 8.71. The number of benzene rings is 1. The van der Waals surface area contributed by atoms with Crippen LogP contribution in [0.1, 0.15) is 43.4 Å². The molecule has 0 radical (unpaired) electrons. The third-order valence-electron chi connectivity index (χ3n) is 4.88. The highest BCUT2D eigenvalue weighted by molar-refractivity contribution is 7.90. The van der Waals surface area contributed by atoms with Gasteiger partial charge in [-0.2, -0.15) is 0 Å².